The Morgan fingerprint density at radius 2 is 1.83 bits per heavy atom. The molecule has 0 heterocycles. The van der Waals surface area contributed by atoms with Crippen LogP contribution in [-0.4, -0.2) is 10.6 Å². The van der Waals surface area contributed by atoms with Crippen molar-refractivity contribution in [2.75, 3.05) is 5.43 Å². The second kappa shape index (κ2) is 6.47. The van der Waals surface area contributed by atoms with Gasteiger partial charge in [0.2, 0.25) is 0 Å². The maximum absolute atomic E-state index is 12.6. The van der Waals surface area contributed by atoms with E-state index in [0.29, 0.717) is 11.8 Å². The van der Waals surface area contributed by atoms with Gasteiger partial charge in [-0.1, -0.05) is 30.3 Å². The molecule has 0 aliphatic rings. The summed E-state index contributed by atoms with van der Waals surface area (Å²) >= 11 is 0. The summed E-state index contributed by atoms with van der Waals surface area (Å²) in [5.74, 6) is 0. The fourth-order valence-electron chi connectivity index (χ4n) is 1.84. The first-order chi connectivity index (χ1) is 10.8. The van der Waals surface area contributed by atoms with Crippen molar-refractivity contribution in [3.8, 4) is 0 Å². The van der Waals surface area contributed by atoms with E-state index in [1.165, 1.54) is 0 Å². The second-order valence-electron chi connectivity index (χ2n) is 4.66. The minimum atomic E-state index is -4.65. The molecule has 0 amide bonds. The number of rotatable bonds is 4. The number of alkyl halides is 3. The van der Waals surface area contributed by atoms with Crippen LogP contribution in [0.15, 0.2) is 53.6 Å². The molecule has 2 rings (SSSR count). The summed E-state index contributed by atoms with van der Waals surface area (Å²) in [4.78, 5) is 10.1. The fourth-order valence-corrected chi connectivity index (χ4v) is 1.84. The monoisotopic (exact) mass is 323 g/mol. The van der Waals surface area contributed by atoms with Gasteiger partial charge in [-0.25, -0.2) is 0 Å². The fraction of sp³-hybridized carbons (Fsp3) is 0.133. The molecule has 8 heteroatoms. The number of hydrogen-bond acceptors (Lipinski definition) is 4. The number of benzene rings is 2. The van der Waals surface area contributed by atoms with Crippen LogP contribution in [0.3, 0.4) is 0 Å². The molecule has 0 aromatic heterocycles. The molecule has 0 aliphatic heterocycles. The molecule has 5 nitrogen and oxygen atoms in total. The summed E-state index contributed by atoms with van der Waals surface area (Å²) in [6.07, 6.45) is -4.65. The predicted molar refractivity (Wildman–Crippen MR) is 80.4 cm³/mol. The molecule has 0 atom stereocenters. The molecule has 23 heavy (non-hydrogen) atoms. The lowest BCUT2D eigenvalue weighted by molar-refractivity contribution is -0.384. The summed E-state index contributed by atoms with van der Waals surface area (Å²) in [5.41, 5.74) is 1.89. The average molecular weight is 323 g/mol. The smallest absolute Gasteiger partial charge is 0.271 e. The largest absolute Gasteiger partial charge is 0.416 e. The van der Waals surface area contributed by atoms with Gasteiger partial charge in [-0.05, 0) is 24.6 Å². The van der Waals surface area contributed by atoms with Crippen LogP contribution in [-0.2, 0) is 6.18 Å². The highest BCUT2D eigenvalue weighted by Crippen LogP contribution is 2.34. The summed E-state index contributed by atoms with van der Waals surface area (Å²) in [6, 6.07) is 11.2. The molecule has 0 saturated heterocycles. The number of hydrogen-bond donors (Lipinski definition) is 1. The number of hydrazone groups is 1. The minimum absolute atomic E-state index is 0.113. The number of nitro benzene ring substituents is 1. The first kappa shape index (κ1) is 16.5. The highest BCUT2D eigenvalue weighted by molar-refractivity contribution is 5.99. The van der Waals surface area contributed by atoms with Gasteiger partial charge in [-0.15, -0.1) is 0 Å². The van der Waals surface area contributed by atoms with Gasteiger partial charge >= 0.3 is 6.18 Å². The third kappa shape index (κ3) is 4.06. The van der Waals surface area contributed by atoms with Crippen LogP contribution in [0.4, 0.5) is 24.5 Å². The normalized spacial score (nSPS) is 12.1. The Hall–Kier alpha value is -2.90. The van der Waals surface area contributed by atoms with Crippen LogP contribution in [0.25, 0.3) is 0 Å². The SMILES string of the molecule is C/C(=N/Nc1ccc(C(F)(F)F)cc1[N+](=O)[O-])c1ccccc1. The third-order valence-corrected chi connectivity index (χ3v) is 3.06. The van der Waals surface area contributed by atoms with Crippen LogP contribution >= 0.6 is 0 Å². The Balaban J connectivity index is 2.31. The molecular weight excluding hydrogens is 311 g/mol. The summed E-state index contributed by atoms with van der Waals surface area (Å²) < 4.78 is 37.9. The molecule has 0 spiro atoms. The molecule has 0 bridgehead atoms. The minimum Gasteiger partial charge on any atom is -0.271 e. The molecule has 2 aromatic rings. The van der Waals surface area contributed by atoms with Gasteiger partial charge < -0.3 is 0 Å². The molecular formula is C15H12F3N3O2. The summed E-state index contributed by atoms with van der Waals surface area (Å²) in [7, 11) is 0. The Bertz CT molecular complexity index is 743. The number of nitro groups is 1. The predicted octanol–water partition coefficient (Wildman–Crippen LogP) is 4.45. The molecule has 120 valence electrons. The van der Waals surface area contributed by atoms with Gasteiger partial charge in [0, 0.05) is 6.07 Å². The van der Waals surface area contributed by atoms with Crippen LogP contribution in [0.5, 0.6) is 0 Å². The molecule has 1 N–H and O–H groups in total. The molecule has 0 unspecified atom stereocenters. The van der Waals surface area contributed by atoms with Crippen molar-refractivity contribution < 1.29 is 18.1 Å². The van der Waals surface area contributed by atoms with Crippen molar-refractivity contribution in [3.05, 3.63) is 69.8 Å². The van der Waals surface area contributed by atoms with Gasteiger partial charge in [0.25, 0.3) is 5.69 Å². The highest BCUT2D eigenvalue weighted by atomic mass is 19.4. The highest BCUT2D eigenvalue weighted by Gasteiger charge is 2.33. The average Bonchev–Trinajstić information content (AvgIpc) is 2.52. The maximum Gasteiger partial charge on any atom is 0.416 e. The summed E-state index contributed by atoms with van der Waals surface area (Å²) in [5, 5.41) is 14.9. The van der Waals surface area contributed by atoms with Crippen molar-refractivity contribution in [3.63, 3.8) is 0 Å². The zero-order valence-electron chi connectivity index (χ0n) is 12.0. The van der Waals surface area contributed by atoms with E-state index in [9.17, 15) is 23.3 Å². The Labute approximate surface area is 129 Å². The van der Waals surface area contributed by atoms with E-state index in [2.05, 4.69) is 10.5 Å². The number of halogens is 3. The number of nitrogens with one attached hydrogen (secondary N) is 1. The molecule has 2 aromatic carbocycles. The lowest BCUT2D eigenvalue weighted by Gasteiger charge is -2.09. The van der Waals surface area contributed by atoms with Gasteiger partial charge in [0.15, 0.2) is 0 Å². The number of nitrogens with zero attached hydrogens (tertiary/aromatic N) is 2. The van der Waals surface area contributed by atoms with Crippen molar-refractivity contribution in [2.45, 2.75) is 13.1 Å². The van der Waals surface area contributed by atoms with E-state index in [1.807, 2.05) is 6.07 Å². The maximum atomic E-state index is 12.6. The van der Waals surface area contributed by atoms with Crippen molar-refractivity contribution in [2.24, 2.45) is 5.10 Å². The lowest BCUT2D eigenvalue weighted by atomic mass is 10.1. The van der Waals surface area contributed by atoms with Crippen molar-refractivity contribution >= 4 is 17.1 Å². The quantitative estimate of drug-likeness (QED) is 0.513. The van der Waals surface area contributed by atoms with Crippen molar-refractivity contribution in [1.82, 2.24) is 0 Å². The van der Waals surface area contributed by atoms with E-state index < -0.39 is 22.4 Å². The van der Waals surface area contributed by atoms with Gasteiger partial charge in [0.1, 0.15) is 5.69 Å². The van der Waals surface area contributed by atoms with Crippen LogP contribution in [0.1, 0.15) is 18.1 Å². The Morgan fingerprint density at radius 1 is 1.17 bits per heavy atom. The van der Waals surface area contributed by atoms with Crippen LogP contribution < -0.4 is 5.43 Å². The molecule has 0 saturated carbocycles. The van der Waals surface area contributed by atoms with Gasteiger partial charge in [-0.2, -0.15) is 18.3 Å². The van der Waals surface area contributed by atoms with Crippen molar-refractivity contribution in [1.29, 1.82) is 0 Å². The zero-order valence-corrected chi connectivity index (χ0v) is 12.0. The second-order valence-corrected chi connectivity index (χ2v) is 4.66. The van der Waals surface area contributed by atoms with E-state index in [4.69, 9.17) is 0 Å². The first-order valence-corrected chi connectivity index (χ1v) is 6.50. The van der Waals surface area contributed by atoms with Crippen LogP contribution in [0, 0.1) is 10.1 Å². The number of anilines is 1. The Kier molecular flexibility index (Phi) is 4.63. The summed E-state index contributed by atoms with van der Waals surface area (Å²) in [6.45, 7) is 1.68. The van der Waals surface area contributed by atoms with Gasteiger partial charge in [0.05, 0.1) is 16.2 Å². The van der Waals surface area contributed by atoms with Gasteiger partial charge in [-0.3, -0.25) is 15.5 Å². The zero-order chi connectivity index (χ0) is 17.0. The van der Waals surface area contributed by atoms with E-state index in [1.54, 1.807) is 31.2 Å². The Morgan fingerprint density at radius 3 is 2.39 bits per heavy atom. The first-order valence-electron chi connectivity index (χ1n) is 6.50. The van der Waals surface area contributed by atoms with E-state index in [-0.39, 0.29) is 5.69 Å². The topological polar surface area (TPSA) is 67.5 Å². The third-order valence-electron chi connectivity index (χ3n) is 3.06. The standard InChI is InChI=1S/C15H12F3N3O2/c1-10(11-5-3-2-4-6-11)19-20-13-8-7-12(15(16,17)18)9-14(13)21(22)23/h2-9,20H,1H3/b19-10-. The van der Waals surface area contributed by atoms with E-state index in [0.717, 1.165) is 17.7 Å². The van der Waals surface area contributed by atoms with Crippen LogP contribution in [0.2, 0.25) is 0 Å². The molecule has 0 radical (unpaired) electrons. The van der Waals surface area contributed by atoms with E-state index >= 15 is 0 Å². The lowest BCUT2D eigenvalue weighted by Crippen LogP contribution is -2.07. The molecule has 0 fully saturated rings. The molecule has 0 aliphatic carbocycles.